The summed E-state index contributed by atoms with van der Waals surface area (Å²) >= 11 is 0. The van der Waals surface area contributed by atoms with Crippen LogP contribution in [0.4, 0.5) is 17.1 Å². The van der Waals surface area contributed by atoms with Crippen LogP contribution >= 0.6 is 0 Å². The van der Waals surface area contributed by atoms with Crippen molar-refractivity contribution in [3.63, 3.8) is 0 Å². The van der Waals surface area contributed by atoms with Gasteiger partial charge in [-0.05, 0) is 137 Å². The minimum absolute atomic E-state index is 0.417. The van der Waals surface area contributed by atoms with Gasteiger partial charge in [0.1, 0.15) is 0 Å². The first-order valence-electron chi connectivity index (χ1n) is 19.2. The lowest BCUT2D eigenvalue weighted by molar-refractivity contribution is -0.159. The monoisotopic (exact) mass is 670 g/mol. The molecule has 11 rings (SSSR count). The zero-order valence-corrected chi connectivity index (χ0v) is 29.6. The highest BCUT2D eigenvalue weighted by Gasteiger charge is 2.65. The number of hydrogen-bond donors (Lipinski definition) is 0. The van der Waals surface area contributed by atoms with Gasteiger partial charge in [0.2, 0.25) is 0 Å². The summed E-state index contributed by atoms with van der Waals surface area (Å²) in [4.78, 5) is 2.41. The number of nitrogens with zero attached hydrogens (tertiary/aromatic N) is 2. The van der Waals surface area contributed by atoms with Crippen LogP contribution in [0.25, 0.3) is 49.4 Å². The van der Waals surface area contributed by atoms with Crippen LogP contribution in [0.3, 0.4) is 0 Å². The summed E-state index contributed by atoms with van der Waals surface area (Å²) in [7, 11) is 0. The lowest BCUT2D eigenvalue weighted by Gasteiger charge is -2.70. The number of para-hydroxylation sites is 3. The Labute approximate surface area is 306 Å². The normalized spacial score (nSPS) is 23.2. The zero-order chi connectivity index (χ0) is 34.4. The second kappa shape index (κ2) is 11.5. The molecule has 5 atom stereocenters. The number of hydrogen-bond acceptors (Lipinski definition) is 1. The highest BCUT2D eigenvalue weighted by atomic mass is 15.1. The van der Waals surface area contributed by atoms with Crippen molar-refractivity contribution in [1.82, 2.24) is 4.57 Å². The van der Waals surface area contributed by atoms with Crippen LogP contribution in [-0.4, -0.2) is 4.57 Å². The second-order valence-corrected chi connectivity index (χ2v) is 16.0. The van der Waals surface area contributed by atoms with Crippen LogP contribution in [0.5, 0.6) is 0 Å². The van der Waals surface area contributed by atoms with Crippen LogP contribution in [0.1, 0.15) is 38.2 Å². The predicted molar refractivity (Wildman–Crippen MR) is 218 cm³/mol. The van der Waals surface area contributed by atoms with E-state index in [0.29, 0.717) is 5.41 Å². The standard InChI is InChI=1S/C50H42N2/c1-33-27-37-28-38-32-50(31-33,49(37)38)39-21-25-42(26-22-39)51(40-13-3-2-4-14-40)41-23-19-34(20-24-41)43-15-7-9-17-46(43)52-47-18-10-8-16-44(47)45-29-35-11-5-6-12-36(35)30-48(45)52/h2-26,29-30,33,37-38,49H,27-28,31-32H2,1H3/t33-,37?,38-,49?,50-/m0/s1. The minimum Gasteiger partial charge on any atom is -0.311 e. The van der Waals surface area contributed by atoms with Gasteiger partial charge < -0.3 is 9.47 Å². The first-order valence-corrected chi connectivity index (χ1v) is 19.2. The molecule has 3 aliphatic carbocycles. The van der Waals surface area contributed by atoms with Gasteiger partial charge in [-0.15, -0.1) is 0 Å². The molecule has 1 aromatic heterocycles. The van der Waals surface area contributed by atoms with Crippen molar-refractivity contribution >= 4 is 49.6 Å². The molecule has 0 amide bonds. The molecule has 2 unspecified atom stereocenters. The number of aromatic nitrogens is 1. The Balaban J connectivity index is 0.989. The molecule has 0 spiro atoms. The topological polar surface area (TPSA) is 8.17 Å². The van der Waals surface area contributed by atoms with E-state index in [1.165, 1.54) is 86.5 Å². The van der Waals surface area contributed by atoms with Crippen LogP contribution in [0.15, 0.2) is 164 Å². The fourth-order valence-electron chi connectivity index (χ4n) is 11.1. The Hall–Kier alpha value is -5.60. The average molecular weight is 671 g/mol. The fourth-order valence-corrected chi connectivity index (χ4v) is 11.1. The van der Waals surface area contributed by atoms with E-state index < -0.39 is 0 Å². The molecule has 2 heteroatoms. The molecule has 252 valence electrons. The van der Waals surface area contributed by atoms with E-state index >= 15 is 0 Å². The molecule has 0 aliphatic heterocycles. The van der Waals surface area contributed by atoms with Crippen LogP contribution in [0.2, 0.25) is 0 Å². The highest BCUT2D eigenvalue weighted by Crippen LogP contribution is 2.71. The van der Waals surface area contributed by atoms with Gasteiger partial charge in [-0.1, -0.05) is 110 Å². The maximum atomic E-state index is 2.49. The van der Waals surface area contributed by atoms with Crippen molar-refractivity contribution in [3.8, 4) is 16.8 Å². The van der Waals surface area contributed by atoms with Gasteiger partial charge >= 0.3 is 0 Å². The molecular formula is C50H42N2. The van der Waals surface area contributed by atoms with Crippen molar-refractivity contribution in [3.05, 3.63) is 169 Å². The van der Waals surface area contributed by atoms with E-state index in [1.807, 2.05) is 0 Å². The fraction of sp³-hybridized carbons (Fsp3) is 0.200. The number of fused-ring (bicyclic) bond motifs is 4. The minimum atomic E-state index is 0.417. The third kappa shape index (κ3) is 4.43. The summed E-state index contributed by atoms with van der Waals surface area (Å²) < 4.78 is 2.46. The maximum absolute atomic E-state index is 2.49. The third-order valence-electron chi connectivity index (χ3n) is 13.1. The Kier molecular flexibility index (Phi) is 6.62. The van der Waals surface area contributed by atoms with Crippen molar-refractivity contribution < 1.29 is 0 Å². The maximum Gasteiger partial charge on any atom is 0.0547 e. The molecule has 1 heterocycles. The predicted octanol–water partition coefficient (Wildman–Crippen LogP) is 13.4. The molecule has 7 aromatic carbocycles. The largest absolute Gasteiger partial charge is 0.311 e. The van der Waals surface area contributed by atoms with E-state index in [2.05, 4.69) is 180 Å². The van der Waals surface area contributed by atoms with Gasteiger partial charge in [0, 0.05) is 33.4 Å². The molecule has 3 saturated carbocycles. The summed E-state index contributed by atoms with van der Waals surface area (Å²) in [6, 6.07) is 60.8. The highest BCUT2D eigenvalue weighted by molar-refractivity contribution is 6.14. The first-order chi connectivity index (χ1) is 25.6. The molecule has 0 saturated heterocycles. The Bertz CT molecular complexity index is 2620. The van der Waals surface area contributed by atoms with Crippen LogP contribution < -0.4 is 4.90 Å². The van der Waals surface area contributed by atoms with Crippen molar-refractivity contribution in [1.29, 1.82) is 0 Å². The van der Waals surface area contributed by atoms with E-state index in [4.69, 9.17) is 0 Å². The van der Waals surface area contributed by atoms with Gasteiger partial charge in [0.25, 0.3) is 0 Å². The van der Waals surface area contributed by atoms with E-state index in [-0.39, 0.29) is 0 Å². The Morgan fingerprint density at radius 1 is 0.538 bits per heavy atom. The van der Waals surface area contributed by atoms with Gasteiger partial charge in [-0.25, -0.2) is 0 Å². The molecular weight excluding hydrogens is 629 g/mol. The lowest BCUT2D eigenvalue weighted by Crippen LogP contribution is -2.65. The number of rotatable bonds is 6. The molecule has 3 fully saturated rings. The van der Waals surface area contributed by atoms with Crippen molar-refractivity contribution in [2.24, 2.45) is 23.7 Å². The number of benzene rings is 7. The lowest BCUT2D eigenvalue weighted by atomic mass is 9.34. The quantitative estimate of drug-likeness (QED) is 0.171. The molecule has 0 bridgehead atoms. The zero-order valence-electron chi connectivity index (χ0n) is 29.6. The molecule has 2 nitrogen and oxygen atoms in total. The average Bonchev–Trinajstić information content (AvgIpc) is 3.49. The molecule has 0 radical (unpaired) electrons. The molecule has 0 N–H and O–H groups in total. The Morgan fingerprint density at radius 3 is 1.98 bits per heavy atom. The summed E-state index contributed by atoms with van der Waals surface area (Å²) in [5.74, 6) is 3.71. The van der Waals surface area contributed by atoms with E-state index in [0.717, 1.165) is 29.4 Å². The number of anilines is 3. The third-order valence-corrected chi connectivity index (χ3v) is 13.1. The smallest absolute Gasteiger partial charge is 0.0547 e. The van der Waals surface area contributed by atoms with Gasteiger partial charge in [0.05, 0.1) is 16.7 Å². The van der Waals surface area contributed by atoms with Crippen molar-refractivity contribution in [2.45, 2.75) is 38.0 Å². The molecule has 52 heavy (non-hydrogen) atoms. The SMILES string of the molecule is C[C@H]1CC2C[C@H]3C[C@](c4ccc(N(c5ccccc5)c5ccc(-c6ccccc6-n6c7ccccc7c7cc8ccccc8cc76)cc5)cc4)(C1)C23. The molecule has 8 aromatic rings. The van der Waals surface area contributed by atoms with Gasteiger partial charge in [-0.2, -0.15) is 0 Å². The van der Waals surface area contributed by atoms with Gasteiger partial charge in [0.15, 0.2) is 0 Å². The summed E-state index contributed by atoms with van der Waals surface area (Å²) in [5, 5.41) is 5.09. The summed E-state index contributed by atoms with van der Waals surface area (Å²) in [6.45, 7) is 2.49. The second-order valence-electron chi connectivity index (χ2n) is 16.0. The summed E-state index contributed by atoms with van der Waals surface area (Å²) in [5.41, 5.74) is 11.6. The Morgan fingerprint density at radius 2 is 1.19 bits per heavy atom. The van der Waals surface area contributed by atoms with Crippen LogP contribution in [-0.2, 0) is 5.41 Å². The van der Waals surface area contributed by atoms with E-state index in [9.17, 15) is 0 Å². The van der Waals surface area contributed by atoms with Gasteiger partial charge in [-0.3, -0.25) is 0 Å². The van der Waals surface area contributed by atoms with Crippen LogP contribution in [0, 0.1) is 23.7 Å². The first kappa shape index (κ1) is 30.1. The van der Waals surface area contributed by atoms with E-state index in [1.54, 1.807) is 5.56 Å². The molecule has 3 aliphatic rings. The van der Waals surface area contributed by atoms with Crippen molar-refractivity contribution in [2.75, 3.05) is 4.90 Å². The summed E-state index contributed by atoms with van der Waals surface area (Å²) in [6.07, 6.45) is 5.68.